The Balaban J connectivity index is 2.88. The van der Waals surface area contributed by atoms with Gasteiger partial charge in [-0.05, 0) is 18.6 Å². The molecule has 0 saturated carbocycles. The second-order valence-electron chi connectivity index (χ2n) is 2.66. The van der Waals surface area contributed by atoms with Gasteiger partial charge in [-0.25, -0.2) is 4.39 Å². The molecule has 72 valence electrons. The highest BCUT2D eigenvalue weighted by molar-refractivity contribution is 9.10. The molecule has 0 unspecified atom stereocenters. The molecule has 1 aromatic carbocycles. The van der Waals surface area contributed by atoms with Crippen LogP contribution < -0.4 is 0 Å². The SMILES string of the molecule is O[C@@H](CCCl)c1ccc(Br)cc1F. The number of aliphatic hydroxyl groups is 1. The average molecular weight is 268 g/mol. The first-order chi connectivity index (χ1) is 6.15. The molecule has 0 heterocycles. The minimum absolute atomic E-state index is 0.295. The molecule has 13 heavy (non-hydrogen) atoms. The molecule has 0 aliphatic carbocycles. The maximum atomic E-state index is 13.2. The van der Waals surface area contributed by atoms with Crippen LogP contribution in [0.2, 0.25) is 0 Å². The molecule has 0 fully saturated rings. The highest BCUT2D eigenvalue weighted by Crippen LogP contribution is 2.23. The molecular formula is C9H9BrClFO. The van der Waals surface area contributed by atoms with Crippen molar-refractivity contribution < 1.29 is 9.50 Å². The van der Waals surface area contributed by atoms with E-state index in [-0.39, 0.29) is 0 Å². The summed E-state index contributed by atoms with van der Waals surface area (Å²) in [5, 5.41) is 9.45. The fraction of sp³-hybridized carbons (Fsp3) is 0.333. The van der Waals surface area contributed by atoms with Crippen molar-refractivity contribution in [2.24, 2.45) is 0 Å². The van der Waals surface area contributed by atoms with E-state index < -0.39 is 11.9 Å². The molecule has 0 radical (unpaired) electrons. The molecule has 1 nitrogen and oxygen atoms in total. The van der Waals surface area contributed by atoms with E-state index in [0.717, 1.165) is 0 Å². The van der Waals surface area contributed by atoms with Gasteiger partial charge in [0.05, 0.1) is 6.10 Å². The van der Waals surface area contributed by atoms with E-state index in [9.17, 15) is 9.50 Å². The zero-order valence-electron chi connectivity index (χ0n) is 6.80. The van der Waals surface area contributed by atoms with Crippen LogP contribution in [0.3, 0.4) is 0 Å². The maximum Gasteiger partial charge on any atom is 0.130 e. The van der Waals surface area contributed by atoms with Gasteiger partial charge in [0, 0.05) is 15.9 Å². The van der Waals surface area contributed by atoms with Crippen molar-refractivity contribution in [2.45, 2.75) is 12.5 Å². The molecule has 0 aliphatic rings. The summed E-state index contributed by atoms with van der Waals surface area (Å²) in [6.45, 7) is 0. The van der Waals surface area contributed by atoms with E-state index >= 15 is 0 Å². The summed E-state index contributed by atoms with van der Waals surface area (Å²) in [5.74, 6) is -0.0941. The van der Waals surface area contributed by atoms with Crippen LogP contribution in [0.1, 0.15) is 18.1 Å². The number of halogens is 3. The van der Waals surface area contributed by atoms with Gasteiger partial charge in [-0.2, -0.15) is 0 Å². The first kappa shape index (κ1) is 11.0. The lowest BCUT2D eigenvalue weighted by Crippen LogP contribution is -2.01. The largest absolute Gasteiger partial charge is 0.388 e. The van der Waals surface area contributed by atoms with Crippen LogP contribution in [0.25, 0.3) is 0 Å². The Morgan fingerprint density at radius 2 is 2.23 bits per heavy atom. The van der Waals surface area contributed by atoms with Crippen LogP contribution in [-0.2, 0) is 0 Å². The normalized spacial score (nSPS) is 12.9. The Hall–Kier alpha value is -0.120. The minimum Gasteiger partial charge on any atom is -0.388 e. The van der Waals surface area contributed by atoms with Crippen LogP contribution in [0.15, 0.2) is 22.7 Å². The lowest BCUT2D eigenvalue weighted by Gasteiger charge is -2.09. The number of rotatable bonds is 3. The summed E-state index contributed by atoms with van der Waals surface area (Å²) < 4.78 is 13.9. The summed E-state index contributed by atoms with van der Waals surface area (Å²) >= 11 is 8.57. The van der Waals surface area contributed by atoms with E-state index in [4.69, 9.17) is 11.6 Å². The first-order valence-electron chi connectivity index (χ1n) is 3.84. The van der Waals surface area contributed by atoms with Crippen LogP contribution in [0, 0.1) is 5.82 Å². The highest BCUT2D eigenvalue weighted by Gasteiger charge is 2.11. The van der Waals surface area contributed by atoms with Gasteiger partial charge in [-0.1, -0.05) is 22.0 Å². The molecule has 0 bridgehead atoms. The third-order valence-electron chi connectivity index (χ3n) is 1.70. The molecule has 0 amide bonds. The first-order valence-corrected chi connectivity index (χ1v) is 5.17. The van der Waals surface area contributed by atoms with Gasteiger partial charge in [0.15, 0.2) is 0 Å². The summed E-state index contributed by atoms with van der Waals surface area (Å²) in [4.78, 5) is 0. The van der Waals surface area contributed by atoms with Crippen molar-refractivity contribution in [3.05, 3.63) is 34.1 Å². The van der Waals surface area contributed by atoms with Crippen LogP contribution in [-0.4, -0.2) is 11.0 Å². The topological polar surface area (TPSA) is 20.2 Å². The second-order valence-corrected chi connectivity index (χ2v) is 3.95. The Labute approximate surface area is 89.7 Å². The van der Waals surface area contributed by atoms with Gasteiger partial charge in [-0.15, -0.1) is 11.6 Å². The lowest BCUT2D eigenvalue weighted by atomic mass is 10.1. The summed E-state index contributed by atoms with van der Waals surface area (Å²) in [6.07, 6.45) is -0.453. The standard InChI is InChI=1S/C9H9BrClFO/c10-6-1-2-7(8(12)5-6)9(13)3-4-11/h1-2,5,9,13H,3-4H2/t9-/m0/s1. The summed E-state index contributed by atoms with van der Waals surface area (Å²) in [7, 11) is 0. The van der Waals surface area contributed by atoms with Gasteiger partial charge < -0.3 is 5.11 Å². The van der Waals surface area contributed by atoms with E-state index in [1.807, 2.05) is 0 Å². The van der Waals surface area contributed by atoms with Gasteiger partial charge in [-0.3, -0.25) is 0 Å². The third-order valence-corrected chi connectivity index (χ3v) is 2.42. The van der Waals surface area contributed by atoms with Gasteiger partial charge in [0.2, 0.25) is 0 Å². The van der Waals surface area contributed by atoms with Crippen LogP contribution in [0.5, 0.6) is 0 Å². The molecule has 1 N–H and O–H groups in total. The predicted molar refractivity (Wildman–Crippen MR) is 54.4 cm³/mol. The maximum absolute atomic E-state index is 13.2. The van der Waals surface area contributed by atoms with E-state index in [2.05, 4.69) is 15.9 Å². The van der Waals surface area contributed by atoms with Gasteiger partial charge in [0.25, 0.3) is 0 Å². The fourth-order valence-corrected chi connectivity index (χ4v) is 1.57. The Morgan fingerprint density at radius 1 is 1.54 bits per heavy atom. The van der Waals surface area contributed by atoms with E-state index in [1.54, 1.807) is 12.1 Å². The van der Waals surface area contributed by atoms with Gasteiger partial charge in [0.1, 0.15) is 5.82 Å². The smallest absolute Gasteiger partial charge is 0.130 e. The zero-order valence-corrected chi connectivity index (χ0v) is 9.15. The number of alkyl halides is 1. The van der Waals surface area contributed by atoms with Gasteiger partial charge >= 0.3 is 0 Å². The highest BCUT2D eigenvalue weighted by atomic mass is 79.9. The van der Waals surface area contributed by atoms with Crippen LogP contribution >= 0.6 is 27.5 Å². The molecule has 1 rings (SSSR count). The molecule has 0 spiro atoms. The molecular weight excluding hydrogens is 258 g/mol. The molecule has 0 aromatic heterocycles. The van der Waals surface area contributed by atoms with Crippen molar-refractivity contribution in [2.75, 3.05) is 5.88 Å². The van der Waals surface area contributed by atoms with Crippen molar-refractivity contribution in [3.8, 4) is 0 Å². The van der Waals surface area contributed by atoms with Crippen molar-refractivity contribution in [3.63, 3.8) is 0 Å². The fourth-order valence-electron chi connectivity index (χ4n) is 1.03. The lowest BCUT2D eigenvalue weighted by molar-refractivity contribution is 0.170. The number of hydrogen-bond acceptors (Lipinski definition) is 1. The van der Waals surface area contributed by atoms with Crippen molar-refractivity contribution >= 4 is 27.5 Å². The van der Waals surface area contributed by atoms with Crippen LogP contribution in [0.4, 0.5) is 4.39 Å². The molecule has 0 aliphatic heterocycles. The van der Waals surface area contributed by atoms with E-state index in [1.165, 1.54) is 6.07 Å². The Kier molecular flexibility index (Phi) is 4.16. The minimum atomic E-state index is -0.814. The molecule has 1 atom stereocenters. The molecule has 4 heteroatoms. The second kappa shape index (κ2) is 4.94. The Bertz CT molecular complexity index is 293. The van der Waals surface area contributed by atoms with Crippen molar-refractivity contribution in [1.82, 2.24) is 0 Å². The van der Waals surface area contributed by atoms with E-state index in [0.29, 0.717) is 22.3 Å². The average Bonchev–Trinajstić information content (AvgIpc) is 2.04. The molecule has 1 aromatic rings. The zero-order chi connectivity index (χ0) is 9.84. The third kappa shape index (κ3) is 2.93. The molecule has 0 saturated heterocycles. The number of benzene rings is 1. The summed E-state index contributed by atoms with van der Waals surface area (Å²) in [5.41, 5.74) is 0.295. The summed E-state index contributed by atoms with van der Waals surface area (Å²) in [6, 6.07) is 4.57. The quantitative estimate of drug-likeness (QED) is 0.834. The predicted octanol–water partition coefficient (Wildman–Crippen LogP) is 3.25. The Morgan fingerprint density at radius 3 is 2.77 bits per heavy atom. The number of hydrogen-bond donors (Lipinski definition) is 1. The number of aliphatic hydroxyl groups excluding tert-OH is 1. The monoisotopic (exact) mass is 266 g/mol. The van der Waals surface area contributed by atoms with Crippen molar-refractivity contribution in [1.29, 1.82) is 0 Å².